The molecule has 1 unspecified atom stereocenters. The van der Waals surface area contributed by atoms with Crippen molar-refractivity contribution in [1.29, 1.82) is 0 Å². The molecular formula is C15H12FNO3. The van der Waals surface area contributed by atoms with Crippen LogP contribution in [-0.4, -0.2) is 10.1 Å². The molecule has 2 aromatic carbocycles. The lowest BCUT2D eigenvalue weighted by molar-refractivity contribution is 0.215. The standard InChI is InChI=1S/C15H12FNO3/c1-8-3-2-4-10(13(8)16)14(18)9-5-6-11-12(7-9)20-15(19)17-11/h2-7,14,18H,1H3,(H,17,19). The number of benzene rings is 2. The van der Waals surface area contributed by atoms with Gasteiger partial charge in [-0.1, -0.05) is 24.3 Å². The molecule has 0 aliphatic heterocycles. The molecule has 102 valence electrons. The fraction of sp³-hybridized carbons (Fsp3) is 0.133. The number of aromatic nitrogens is 1. The number of aromatic amines is 1. The zero-order chi connectivity index (χ0) is 14.3. The van der Waals surface area contributed by atoms with Gasteiger partial charge in [-0.2, -0.15) is 0 Å². The molecule has 3 rings (SSSR count). The van der Waals surface area contributed by atoms with Gasteiger partial charge in [0.15, 0.2) is 5.58 Å². The zero-order valence-corrected chi connectivity index (χ0v) is 10.7. The highest BCUT2D eigenvalue weighted by Gasteiger charge is 2.17. The molecule has 1 heterocycles. The van der Waals surface area contributed by atoms with Crippen LogP contribution in [-0.2, 0) is 0 Å². The predicted octanol–water partition coefficient (Wildman–Crippen LogP) is 2.65. The van der Waals surface area contributed by atoms with E-state index in [2.05, 4.69) is 4.98 Å². The van der Waals surface area contributed by atoms with Gasteiger partial charge in [-0.05, 0) is 30.2 Å². The summed E-state index contributed by atoms with van der Waals surface area (Å²) in [5, 5.41) is 10.3. The van der Waals surface area contributed by atoms with E-state index in [1.807, 2.05) is 0 Å². The van der Waals surface area contributed by atoms with Gasteiger partial charge in [-0.3, -0.25) is 4.98 Å². The van der Waals surface area contributed by atoms with Gasteiger partial charge in [0.2, 0.25) is 0 Å². The first-order valence-corrected chi connectivity index (χ1v) is 6.12. The van der Waals surface area contributed by atoms with Crippen molar-refractivity contribution in [3.05, 3.63) is 69.5 Å². The minimum absolute atomic E-state index is 0.197. The zero-order valence-electron chi connectivity index (χ0n) is 10.7. The van der Waals surface area contributed by atoms with Crippen LogP contribution >= 0.6 is 0 Å². The topological polar surface area (TPSA) is 66.2 Å². The van der Waals surface area contributed by atoms with Gasteiger partial charge in [0.05, 0.1) is 5.52 Å². The van der Waals surface area contributed by atoms with E-state index in [1.54, 1.807) is 31.2 Å². The highest BCUT2D eigenvalue weighted by atomic mass is 19.1. The van der Waals surface area contributed by atoms with Gasteiger partial charge >= 0.3 is 5.76 Å². The molecular weight excluding hydrogens is 261 g/mol. The highest BCUT2D eigenvalue weighted by molar-refractivity contribution is 5.73. The average Bonchev–Trinajstić information content (AvgIpc) is 2.80. The van der Waals surface area contributed by atoms with Crippen molar-refractivity contribution in [3.8, 4) is 0 Å². The number of aliphatic hydroxyl groups excluding tert-OH is 1. The first-order chi connectivity index (χ1) is 9.56. The van der Waals surface area contributed by atoms with E-state index in [-0.39, 0.29) is 5.56 Å². The Morgan fingerprint density at radius 1 is 1.30 bits per heavy atom. The summed E-state index contributed by atoms with van der Waals surface area (Å²) in [5.74, 6) is -0.996. The van der Waals surface area contributed by atoms with E-state index < -0.39 is 17.7 Å². The molecule has 1 atom stereocenters. The molecule has 2 N–H and O–H groups in total. The van der Waals surface area contributed by atoms with Crippen LogP contribution in [0.4, 0.5) is 4.39 Å². The van der Waals surface area contributed by atoms with Crippen LogP contribution in [0.2, 0.25) is 0 Å². The minimum atomic E-state index is -1.11. The summed E-state index contributed by atoms with van der Waals surface area (Å²) in [4.78, 5) is 13.6. The summed E-state index contributed by atoms with van der Waals surface area (Å²) in [7, 11) is 0. The Bertz CT molecular complexity index is 834. The van der Waals surface area contributed by atoms with Crippen LogP contribution < -0.4 is 5.76 Å². The second kappa shape index (κ2) is 4.61. The summed E-state index contributed by atoms with van der Waals surface area (Å²) in [6.07, 6.45) is -1.11. The third-order valence-electron chi connectivity index (χ3n) is 3.28. The highest BCUT2D eigenvalue weighted by Crippen LogP contribution is 2.27. The molecule has 1 aromatic heterocycles. The number of fused-ring (bicyclic) bond motifs is 1. The SMILES string of the molecule is Cc1cccc(C(O)c2ccc3[nH]c(=O)oc3c2)c1F. The Labute approximate surface area is 113 Å². The molecule has 4 nitrogen and oxygen atoms in total. The van der Waals surface area contributed by atoms with Gasteiger partial charge in [-0.15, -0.1) is 0 Å². The quantitative estimate of drug-likeness (QED) is 0.754. The Kier molecular flexibility index (Phi) is 2.91. The van der Waals surface area contributed by atoms with Crippen molar-refractivity contribution < 1.29 is 13.9 Å². The van der Waals surface area contributed by atoms with Crippen LogP contribution in [0.1, 0.15) is 22.8 Å². The number of halogens is 1. The fourth-order valence-corrected chi connectivity index (χ4v) is 2.19. The van der Waals surface area contributed by atoms with Crippen molar-refractivity contribution in [2.75, 3.05) is 0 Å². The normalized spacial score (nSPS) is 12.8. The second-order valence-electron chi connectivity index (χ2n) is 4.65. The number of hydrogen-bond donors (Lipinski definition) is 2. The molecule has 0 saturated heterocycles. The third kappa shape index (κ3) is 2.02. The summed E-state index contributed by atoms with van der Waals surface area (Å²) in [5.41, 5.74) is 2.00. The Morgan fingerprint density at radius 3 is 2.90 bits per heavy atom. The van der Waals surface area contributed by atoms with E-state index in [9.17, 15) is 14.3 Å². The third-order valence-corrected chi connectivity index (χ3v) is 3.28. The molecule has 0 radical (unpaired) electrons. The number of rotatable bonds is 2. The van der Waals surface area contributed by atoms with Gasteiger partial charge in [0.1, 0.15) is 11.9 Å². The summed E-state index contributed by atoms with van der Waals surface area (Å²) >= 11 is 0. The number of aryl methyl sites for hydroxylation is 1. The minimum Gasteiger partial charge on any atom is -0.408 e. The van der Waals surface area contributed by atoms with E-state index in [1.165, 1.54) is 12.1 Å². The maximum Gasteiger partial charge on any atom is 0.417 e. The lowest BCUT2D eigenvalue weighted by Gasteiger charge is -2.13. The van der Waals surface area contributed by atoms with Gasteiger partial charge in [0.25, 0.3) is 0 Å². The Hall–Kier alpha value is -2.40. The van der Waals surface area contributed by atoms with Crippen molar-refractivity contribution >= 4 is 11.1 Å². The van der Waals surface area contributed by atoms with Crippen LogP contribution in [0, 0.1) is 12.7 Å². The van der Waals surface area contributed by atoms with Gasteiger partial charge in [-0.25, -0.2) is 9.18 Å². The number of hydrogen-bond acceptors (Lipinski definition) is 3. The summed E-state index contributed by atoms with van der Waals surface area (Å²) in [6.45, 7) is 1.64. The molecule has 0 spiro atoms. The summed E-state index contributed by atoms with van der Waals surface area (Å²) < 4.78 is 18.9. The van der Waals surface area contributed by atoms with E-state index in [0.717, 1.165) is 0 Å². The first kappa shape index (κ1) is 12.6. The van der Waals surface area contributed by atoms with E-state index in [0.29, 0.717) is 22.2 Å². The van der Waals surface area contributed by atoms with Crippen molar-refractivity contribution in [1.82, 2.24) is 4.98 Å². The average molecular weight is 273 g/mol. The molecule has 0 amide bonds. The maximum atomic E-state index is 14.0. The molecule has 3 aromatic rings. The molecule has 5 heteroatoms. The van der Waals surface area contributed by atoms with Crippen molar-refractivity contribution in [3.63, 3.8) is 0 Å². The fourth-order valence-electron chi connectivity index (χ4n) is 2.19. The van der Waals surface area contributed by atoms with Crippen molar-refractivity contribution in [2.45, 2.75) is 13.0 Å². The lowest BCUT2D eigenvalue weighted by atomic mass is 9.99. The Morgan fingerprint density at radius 2 is 2.10 bits per heavy atom. The summed E-state index contributed by atoms with van der Waals surface area (Å²) in [6, 6.07) is 9.63. The molecule has 0 bridgehead atoms. The van der Waals surface area contributed by atoms with Gasteiger partial charge in [0, 0.05) is 5.56 Å². The predicted molar refractivity (Wildman–Crippen MR) is 72.0 cm³/mol. The molecule has 0 fully saturated rings. The molecule has 20 heavy (non-hydrogen) atoms. The molecule has 0 aliphatic rings. The number of nitrogens with one attached hydrogen (secondary N) is 1. The Balaban J connectivity index is 2.09. The second-order valence-corrected chi connectivity index (χ2v) is 4.65. The monoisotopic (exact) mass is 273 g/mol. The smallest absolute Gasteiger partial charge is 0.408 e. The van der Waals surface area contributed by atoms with E-state index >= 15 is 0 Å². The van der Waals surface area contributed by atoms with Gasteiger partial charge < -0.3 is 9.52 Å². The molecule has 0 aliphatic carbocycles. The van der Waals surface area contributed by atoms with E-state index in [4.69, 9.17) is 4.42 Å². The lowest BCUT2D eigenvalue weighted by Crippen LogP contribution is -2.03. The van der Waals surface area contributed by atoms with Crippen molar-refractivity contribution in [2.24, 2.45) is 0 Å². The molecule has 0 saturated carbocycles. The van der Waals surface area contributed by atoms with Crippen LogP contribution in [0.25, 0.3) is 11.1 Å². The van der Waals surface area contributed by atoms with Crippen LogP contribution in [0.15, 0.2) is 45.6 Å². The largest absolute Gasteiger partial charge is 0.417 e. The first-order valence-electron chi connectivity index (χ1n) is 6.12. The number of H-pyrrole nitrogens is 1. The maximum absolute atomic E-state index is 14.0. The number of oxazole rings is 1. The van der Waals surface area contributed by atoms with Crippen LogP contribution in [0.3, 0.4) is 0 Å². The van der Waals surface area contributed by atoms with Crippen LogP contribution in [0.5, 0.6) is 0 Å². The number of aliphatic hydroxyl groups is 1.